The van der Waals surface area contributed by atoms with Crippen LogP contribution in [0.2, 0.25) is 5.02 Å². The number of amides is 2. The summed E-state index contributed by atoms with van der Waals surface area (Å²) < 4.78 is 0. The Kier molecular flexibility index (Phi) is 4.68. The SMILES string of the molecule is O=C1NCCN(C(=O)Cc2n[nH]c3c2CCCC3)C1c1ccccc1Cl. The lowest BCUT2D eigenvalue weighted by molar-refractivity contribution is -0.143. The number of aromatic amines is 1. The first-order chi connectivity index (χ1) is 12.6. The van der Waals surface area contributed by atoms with Gasteiger partial charge in [0, 0.05) is 29.4 Å². The predicted molar refractivity (Wildman–Crippen MR) is 97.8 cm³/mol. The number of piperazine rings is 1. The molecule has 1 atom stereocenters. The third-order valence-electron chi connectivity index (χ3n) is 5.19. The van der Waals surface area contributed by atoms with Gasteiger partial charge in [0.05, 0.1) is 12.1 Å². The van der Waals surface area contributed by atoms with Gasteiger partial charge >= 0.3 is 0 Å². The van der Waals surface area contributed by atoms with E-state index < -0.39 is 6.04 Å². The van der Waals surface area contributed by atoms with Crippen molar-refractivity contribution < 1.29 is 9.59 Å². The number of hydrogen-bond donors (Lipinski definition) is 2. The van der Waals surface area contributed by atoms with Crippen molar-refractivity contribution in [2.24, 2.45) is 0 Å². The Morgan fingerprint density at radius 1 is 1.27 bits per heavy atom. The zero-order valence-corrected chi connectivity index (χ0v) is 15.2. The second-order valence-electron chi connectivity index (χ2n) is 6.81. The minimum atomic E-state index is -0.695. The molecule has 2 amide bonds. The molecular formula is C19H21ClN4O2. The minimum Gasteiger partial charge on any atom is -0.352 e. The van der Waals surface area contributed by atoms with E-state index >= 15 is 0 Å². The summed E-state index contributed by atoms with van der Waals surface area (Å²) >= 11 is 6.30. The molecule has 1 aromatic heterocycles. The van der Waals surface area contributed by atoms with Gasteiger partial charge in [-0.1, -0.05) is 29.8 Å². The van der Waals surface area contributed by atoms with Gasteiger partial charge in [0.1, 0.15) is 6.04 Å². The molecule has 0 spiro atoms. The summed E-state index contributed by atoms with van der Waals surface area (Å²) in [6.07, 6.45) is 4.44. The van der Waals surface area contributed by atoms with E-state index in [9.17, 15) is 9.59 Å². The molecule has 0 radical (unpaired) electrons. The number of carbonyl (C=O) groups is 2. The molecule has 1 aromatic carbocycles. The summed E-state index contributed by atoms with van der Waals surface area (Å²) in [6, 6.07) is 6.49. The van der Waals surface area contributed by atoms with Gasteiger partial charge in [-0.25, -0.2) is 0 Å². The van der Waals surface area contributed by atoms with E-state index in [1.54, 1.807) is 17.0 Å². The lowest BCUT2D eigenvalue weighted by Gasteiger charge is -2.35. The molecule has 0 bridgehead atoms. The number of rotatable bonds is 3. The second-order valence-corrected chi connectivity index (χ2v) is 7.22. The van der Waals surface area contributed by atoms with Crippen molar-refractivity contribution in [1.29, 1.82) is 0 Å². The van der Waals surface area contributed by atoms with Gasteiger partial charge < -0.3 is 10.2 Å². The molecule has 1 unspecified atom stereocenters. The Labute approximate surface area is 156 Å². The number of fused-ring (bicyclic) bond motifs is 1. The first-order valence-electron chi connectivity index (χ1n) is 9.01. The summed E-state index contributed by atoms with van der Waals surface area (Å²) in [7, 11) is 0. The molecule has 1 aliphatic heterocycles. The largest absolute Gasteiger partial charge is 0.352 e. The first kappa shape index (κ1) is 17.1. The molecule has 0 saturated carbocycles. The highest BCUT2D eigenvalue weighted by Crippen LogP contribution is 2.30. The Hall–Kier alpha value is -2.34. The lowest BCUT2D eigenvalue weighted by atomic mass is 9.94. The van der Waals surface area contributed by atoms with Crippen LogP contribution in [-0.2, 0) is 28.9 Å². The molecule has 2 heterocycles. The van der Waals surface area contributed by atoms with E-state index in [2.05, 4.69) is 15.5 Å². The van der Waals surface area contributed by atoms with Crippen molar-refractivity contribution in [2.75, 3.05) is 13.1 Å². The van der Waals surface area contributed by atoms with Gasteiger partial charge in [0.2, 0.25) is 11.8 Å². The fourth-order valence-electron chi connectivity index (χ4n) is 3.88. The highest BCUT2D eigenvalue weighted by Gasteiger charge is 2.36. The van der Waals surface area contributed by atoms with Crippen LogP contribution in [0, 0.1) is 0 Å². The van der Waals surface area contributed by atoms with Crippen molar-refractivity contribution in [2.45, 2.75) is 38.1 Å². The third kappa shape index (κ3) is 3.09. The van der Waals surface area contributed by atoms with Crippen LogP contribution in [0.1, 0.15) is 41.4 Å². The van der Waals surface area contributed by atoms with Gasteiger partial charge in [-0.2, -0.15) is 5.10 Å². The number of nitrogens with zero attached hydrogens (tertiary/aromatic N) is 2. The molecular weight excluding hydrogens is 352 g/mol. The van der Waals surface area contributed by atoms with Crippen LogP contribution in [0.3, 0.4) is 0 Å². The summed E-state index contributed by atoms with van der Waals surface area (Å²) in [5.41, 5.74) is 3.80. The number of aryl methyl sites for hydroxylation is 1. The monoisotopic (exact) mass is 372 g/mol. The van der Waals surface area contributed by atoms with Gasteiger partial charge in [-0.3, -0.25) is 14.7 Å². The van der Waals surface area contributed by atoms with Crippen molar-refractivity contribution in [3.8, 4) is 0 Å². The van der Waals surface area contributed by atoms with E-state index in [0.717, 1.165) is 37.1 Å². The zero-order valence-electron chi connectivity index (χ0n) is 14.4. The molecule has 1 fully saturated rings. The Bertz CT molecular complexity index is 848. The average Bonchev–Trinajstić information content (AvgIpc) is 3.05. The number of carbonyl (C=O) groups excluding carboxylic acids is 2. The maximum absolute atomic E-state index is 13.0. The quantitative estimate of drug-likeness (QED) is 0.866. The van der Waals surface area contributed by atoms with Crippen LogP contribution < -0.4 is 5.32 Å². The molecule has 7 heteroatoms. The van der Waals surface area contributed by atoms with E-state index in [1.165, 1.54) is 5.56 Å². The van der Waals surface area contributed by atoms with E-state index in [4.69, 9.17) is 11.6 Å². The smallest absolute Gasteiger partial charge is 0.247 e. The predicted octanol–water partition coefficient (Wildman–Crippen LogP) is 2.18. The van der Waals surface area contributed by atoms with Crippen LogP contribution in [0.15, 0.2) is 24.3 Å². The van der Waals surface area contributed by atoms with E-state index in [0.29, 0.717) is 23.7 Å². The van der Waals surface area contributed by atoms with Crippen molar-refractivity contribution in [1.82, 2.24) is 20.4 Å². The van der Waals surface area contributed by atoms with Gasteiger partial charge in [0.25, 0.3) is 0 Å². The van der Waals surface area contributed by atoms with Crippen molar-refractivity contribution in [3.63, 3.8) is 0 Å². The van der Waals surface area contributed by atoms with Crippen LogP contribution >= 0.6 is 11.6 Å². The molecule has 136 valence electrons. The van der Waals surface area contributed by atoms with Crippen LogP contribution in [0.4, 0.5) is 0 Å². The fourth-order valence-corrected chi connectivity index (χ4v) is 4.12. The minimum absolute atomic E-state index is 0.0929. The summed E-state index contributed by atoms with van der Waals surface area (Å²) in [5, 5.41) is 10.8. The maximum Gasteiger partial charge on any atom is 0.247 e. The first-order valence-corrected chi connectivity index (χ1v) is 9.39. The van der Waals surface area contributed by atoms with E-state index in [-0.39, 0.29) is 18.2 Å². The molecule has 1 saturated heterocycles. The standard InChI is InChI=1S/C19H21ClN4O2/c20-14-7-3-1-5-12(14)18-19(26)21-9-10-24(18)17(25)11-16-13-6-2-4-8-15(13)22-23-16/h1,3,5,7,18H,2,4,6,8-11H2,(H,21,26)(H,22,23). The Balaban J connectivity index is 1.60. The van der Waals surface area contributed by atoms with Crippen LogP contribution in [0.25, 0.3) is 0 Å². The van der Waals surface area contributed by atoms with Gasteiger partial charge in [-0.15, -0.1) is 0 Å². The Morgan fingerprint density at radius 3 is 2.92 bits per heavy atom. The van der Waals surface area contributed by atoms with Crippen molar-refractivity contribution >= 4 is 23.4 Å². The fraction of sp³-hybridized carbons (Fsp3) is 0.421. The molecule has 2 aromatic rings. The topological polar surface area (TPSA) is 78.1 Å². The highest BCUT2D eigenvalue weighted by atomic mass is 35.5. The molecule has 1 aliphatic carbocycles. The summed E-state index contributed by atoms with van der Waals surface area (Å²) in [6.45, 7) is 0.914. The Morgan fingerprint density at radius 2 is 2.08 bits per heavy atom. The van der Waals surface area contributed by atoms with Crippen LogP contribution in [-0.4, -0.2) is 40.0 Å². The van der Waals surface area contributed by atoms with Gasteiger partial charge in [-0.05, 0) is 37.3 Å². The number of H-pyrrole nitrogens is 1. The maximum atomic E-state index is 13.0. The number of hydrogen-bond acceptors (Lipinski definition) is 3. The van der Waals surface area contributed by atoms with Gasteiger partial charge in [0.15, 0.2) is 0 Å². The highest BCUT2D eigenvalue weighted by molar-refractivity contribution is 6.31. The van der Waals surface area contributed by atoms with E-state index in [1.807, 2.05) is 12.1 Å². The van der Waals surface area contributed by atoms with Crippen molar-refractivity contribution in [3.05, 3.63) is 51.8 Å². The number of benzene rings is 1. The number of nitrogens with one attached hydrogen (secondary N) is 2. The summed E-state index contributed by atoms with van der Waals surface area (Å²) in [4.78, 5) is 27.2. The zero-order chi connectivity index (χ0) is 18.1. The third-order valence-corrected chi connectivity index (χ3v) is 5.54. The molecule has 6 nitrogen and oxygen atoms in total. The summed E-state index contributed by atoms with van der Waals surface area (Å²) in [5.74, 6) is -0.286. The van der Waals surface area contributed by atoms with Crippen LogP contribution in [0.5, 0.6) is 0 Å². The molecule has 26 heavy (non-hydrogen) atoms. The lowest BCUT2D eigenvalue weighted by Crippen LogP contribution is -2.52. The number of halogens is 1. The second kappa shape index (κ2) is 7.11. The average molecular weight is 373 g/mol. The molecule has 2 N–H and O–H groups in total. The number of aromatic nitrogens is 2. The molecule has 4 rings (SSSR count). The molecule has 2 aliphatic rings. The normalized spacial score (nSPS) is 19.8.